The molecule has 1 saturated heterocycles. The molecule has 0 aromatic heterocycles. The van der Waals surface area contributed by atoms with Gasteiger partial charge in [0.15, 0.2) is 17.3 Å². The summed E-state index contributed by atoms with van der Waals surface area (Å²) >= 11 is 0. The van der Waals surface area contributed by atoms with Crippen LogP contribution in [0.5, 0.6) is 11.5 Å². The number of ketones is 1. The summed E-state index contributed by atoms with van der Waals surface area (Å²) in [6.45, 7) is 2.22. The van der Waals surface area contributed by atoms with Gasteiger partial charge in [0.05, 0.1) is 5.69 Å². The number of carbonyl (C=O) groups is 2. The summed E-state index contributed by atoms with van der Waals surface area (Å²) in [6, 6.07) is 3.26. The highest BCUT2D eigenvalue weighted by molar-refractivity contribution is 6.06. The Labute approximate surface area is 126 Å². The summed E-state index contributed by atoms with van der Waals surface area (Å²) in [5, 5.41) is 3.52. The van der Waals surface area contributed by atoms with Gasteiger partial charge in [0.2, 0.25) is 12.7 Å². The fraction of sp³-hybridized carbons (Fsp3) is 0.429. The van der Waals surface area contributed by atoms with Crippen molar-refractivity contribution < 1.29 is 19.1 Å². The predicted molar refractivity (Wildman–Crippen MR) is 77.0 cm³/mol. The third kappa shape index (κ3) is 2.44. The van der Waals surface area contributed by atoms with Crippen LogP contribution in [0.4, 0.5) is 5.69 Å². The zero-order valence-electron chi connectivity index (χ0n) is 12.0. The molecular formula is C14H14N4O4. The Bertz CT molecular complexity index is 696. The average Bonchev–Trinajstić information content (AvgIpc) is 3.09. The van der Waals surface area contributed by atoms with Gasteiger partial charge < -0.3 is 14.4 Å². The van der Waals surface area contributed by atoms with Crippen LogP contribution in [0.3, 0.4) is 0 Å². The van der Waals surface area contributed by atoms with Gasteiger partial charge in [0, 0.05) is 36.1 Å². The molecule has 1 atom stereocenters. The van der Waals surface area contributed by atoms with Gasteiger partial charge in [-0.1, -0.05) is 5.11 Å². The minimum absolute atomic E-state index is 0.0476. The van der Waals surface area contributed by atoms with Gasteiger partial charge in [-0.25, -0.2) is 0 Å². The third-order valence-electron chi connectivity index (χ3n) is 3.77. The zero-order chi connectivity index (χ0) is 15.7. The maximum atomic E-state index is 12.2. The van der Waals surface area contributed by atoms with Crippen LogP contribution in [-0.4, -0.2) is 31.6 Å². The van der Waals surface area contributed by atoms with Crippen molar-refractivity contribution >= 4 is 17.4 Å². The molecule has 22 heavy (non-hydrogen) atoms. The van der Waals surface area contributed by atoms with E-state index in [0.29, 0.717) is 35.7 Å². The highest BCUT2D eigenvalue weighted by Crippen LogP contribution is 2.40. The lowest BCUT2D eigenvalue weighted by atomic mass is 10.1. The number of anilines is 1. The molecule has 3 rings (SSSR count). The number of hydrogen-bond acceptors (Lipinski definition) is 5. The molecule has 2 aliphatic heterocycles. The summed E-state index contributed by atoms with van der Waals surface area (Å²) in [7, 11) is 0. The second-order valence-corrected chi connectivity index (χ2v) is 5.27. The predicted octanol–water partition coefficient (Wildman–Crippen LogP) is 2.28. The molecule has 1 unspecified atom stereocenters. The summed E-state index contributed by atoms with van der Waals surface area (Å²) in [6.07, 6.45) is 0.296. The number of ether oxygens (including phenoxy) is 2. The fourth-order valence-electron chi connectivity index (χ4n) is 2.73. The van der Waals surface area contributed by atoms with Gasteiger partial charge in [-0.05, 0) is 24.4 Å². The third-order valence-corrected chi connectivity index (χ3v) is 3.77. The zero-order valence-corrected chi connectivity index (χ0v) is 12.0. The molecule has 1 fully saturated rings. The van der Waals surface area contributed by atoms with E-state index in [0.717, 1.165) is 0 Å². The first kappa shape index (κ1) is 14.2. The molecular weight excluding hydrogens is 288 g/mol. The molecule has 1 aromatic rings. The van der Waals surface area contributed by atoms with Crippen LogP contribution in [0.25, 0.3) is 10.4 Å². The van der Waals surface area contributed by atoms with Crippen molar-refractivity contribution in [3.8, 4) is 11.5 Å². The van der Waals surface area contributed by atoms with Crippen LogP contribution in [-0.2, 0) is 4.79 Å². The van der Waals surface area contributed by atoms with Crippen molar-refractivity contribution in [3.63, 3.8) is 0 Å². The highest BCUT2D eigenvalue weighted by atomic mass is 16.7. The van der Waals surface area contributed by atoms with Crippen molar-refractivity contribution in [2.75, 3.05) is 24.8 Å². The van der Waals surface area contributed by atoms with Gasteiger partial charge in [0.1, 0.15) is 0 Å². The first-order valence-electron chi connectivity index (χ1n) is 6.86. The Morgan fingerprint density at radius 2 is 2.18 bits per heavy atom. The molecule has 1 aromatic carbocycles. The minimum Gasteiger partial charge on any atom is -0.454 e. The van der Waals surface area contributed by atoms with Crippen molar-refractivity contribution in [1.29, 1.82) is 0 Å². The van der Waals surface area contributed by atoms with E-state index in [1.165, 1.54) is 6.92 Å². The Balaban J connectivity index is 1.95. The van der Waals surface area contributed by atoms with E-state index in [-0.39, 0.29) is 30.9 Å². The Morgan fingerprint density at radius 1 is 1.45 bits per heavy atom. The molecule has 114 valence electrons. The Morgan fingerprint density at radius 3 is 2.86 bits per heavy atom. The van der Waals surface area contributed by atoms with Gasteiger partial charge in [-0.2, -0.15) is 0 Å². The smallest absolute Gasteiger partial charge is 0.231 e. The van der Waals surface area contributed by atoms with Crippen molar-refractivity contribution in [2.24, 2.45) is 11.0 Å². The lowest BCUT2D eigenvalue weighted by Gasteiger charge is -2.20. The van der Waals surface area contributed by atoms with E-state index in [9.17, 15) is 9.59 Å². The van der Waals surface area contributed by atoms with E-state index >= 15 is 0 Å². The fourth-order valence-corrected chi connectivity index (χ4v) is 2.73. The lowest BCUT2D eigenvalue weighted by molar-refractivity contribution is -0.117. The Kier molecular flexibility index (Phi) is 3.60. The van der Waals surface area contributed by atoms with Crippen LogP contribution in [0.1, 0.15) is 23.7 Å². The van der Waals surface area contributed by atoms with Crippen molar-refractivity contribution in [1.82, 2.24) is 0 Å². The number of amides is 1. The van der Waals surface area contributed by atoms with E-state index in [1.54, 1.807) is 17.0 Å². The number of azide groups is 1. The summed E-state index contributed by atoms with van der Waals surface area (Å²) in [5.74, 6) is 0.727. The minimum atomic E-state index is -0.153. The first-order chi connectivity index (χ1) is 10.6. The molecule has 2 aliphatic rings. The lowest BCUT2D eigenvalue weighted by Crippen LogP contribution is -2.26. The molecule has 0 radical (unpaired) electrons. The van der Waals surface area contributed by atoms with E-state index in [1.807, 2.05) is 0 Å². The van der Waals surface area contributed by atoms with Gasteiger partial charge in [-0.3, -0.25) is 9.59 Å². The second kappa shape index (κ2) is 5.57. The summed E-state index contributed by atoms with van der Waals surface area (Å²) < 4.78 is 10.6. The van der Waals surface area contributed by atoms with E-state index in [4.69, 9.17) is 15.0 Å². The highest BCUT2D eigenvalue weighted by Gasteiger charge is 2.33. The van der Waals surface area contributed by atoms with E-state index in [2.05, 4.69) is 10.0 Å². The monoisotopic (exact) mass is 302 g/mol. The number of hydrogen-bond donors (Lipinski definition) is 0. The largest absolute Gasteiger partial charge is 0.454 e. The quantitative estimate of drug-likeness (QED) is 0.368. The standard InChI is InChI=1S/C14H14N4O4/c1-8(19)10-3-12-13(22-7-21-12)4-11(10)18-6-9(2-14(18)20)5-16-17-15/h3-4,9H,2,5-7H2,1H3. The van der Waals surface area contributed by atoms with Crippen LogP contribution in [0.2, 0.25) is 0 Å². The summed E-state index contributed by atoms with van der Waals surface area (Å²) in [4.78, 5) is 28.4. The van der Waals surface area contributed by atoms with Crippen LogP contribution in [0.15, 0.2) is 17.2 Å². The van der Waals surface area contributed by atoms with Gasteiger partial charge in [-0.15, -0.1) is 0 Å². The molecule has 2 heterocycles. The van der Waals surface area contributed by atoms with Crippen LogP contribution < -0.4 is 14.4 Å². The van der Waals surface area contributed by atoms with Crippen molar-refractivity contribution in [2.45, 2.75) is 13.3 Å². The SMILES string of the molecule is CC(=O)c1cc2c(cc1N1CC(CN=[N+]=[N-])CC1=O)OCO2. The van der Waals surface area contributed by atoms with Gasteiger partial charge >= 0.3 is 0 Å². The number of nitrogens with zero attached hydrogens (tertiary/aromatic N) is 4. The van der Waals surface area contributed by atoms with Crippen LogP contribution >= 0.6 is 0 Å². The number of benzene rings is 1. The molecule has 1 amide bonds. The van der Waals surface area contributed by atoms with Crippen molar-refractivity contribution in [3.05, 3.63) is 28.1 Å². The molecule has 0 bridgehead atoms. The topological polar surface area (TPSA) is 105 Å². The number of fused-ring (bicyclic) bond motifs is 1. The van der Waals surface area contributed by atoms with E-state index < -0.39 is 0 Å². The molecule has 0 aliphatic carbocycles. The number of rotatable bonds is 4. The number of carbonyl (C=O) groups excluding carboxylic acids is 2. The normalized spacial score (nSPS) is 19.2. The number of Topliss-reactive ketones (excluding diaryl/α,β-unsaturated/α-hetero) is 1. The molecule has 0 saturated carbocycles. The molecule has 0 spiro atoms. The average molecular weight is 302 g/mol. The van der Waals surface area contributed by atoms with Crippen LogP contribution in [0, 0.1) is 5.92 Å². The molecule has 8 heteroatoms. The van der Waals surface area contributed by atoms with Gasteiger partial charge in [0.25, 0.3) is 0 Å². The first-order valence-corrected chi connectivity index (χ1v) is 6.86. The maximum absolute atomic E-state index is 12.2. The molecule has 8 nitrogen and oxygen atoms in total. The maximum Gasteiger partial charge on any atom is 0.231 e. The second-order valence-electron chi connectivity index (χ2n) is 5.27. The summed E-state index contributed by atoms with van der Waals surface area (Å²) in [5.41, 5.74) is 9.32. The molecule has 0 N–H and O–H groups in total. The Hall–Kier alpha value is -2.73.